The van der Waals surface area contributed by atoms with E-state index in [4.69, 9.17) is 10.5 Å². The zero-order chi connectivity index (χ0) is 10.3. The van der Waals surface area contributed by atoms with Crippen LogP contribution in [-0.2, 0) is 9.63 Å². The summed E-state index contributed by atoms with van der Waals surface area (Å²) in [5, 5.41) is 22.2. The van der Waals surface area contributed by atoms with Gasteiger partial charge in [0.05, 0.1) is 6.07 Å². The molecule has 0 bridgehead atoms. The van der Waals surface area contributed by atoms with Crippen molar-refractivity contribution < 1.29 is 9.63 Å². The number of amides is 1. The molecule has 1 N–H and O–H groups in total. The molecule has 1 atom stereocenters. The third-order valence-electron chi connectivity index (χ3n) is 1.04. The summed E-state index contributed by atoms with van der Waals surface area (Å²) < 4.78 is 0. The summed E-state index contributed by atoms with van der Waals surface area (Å²) in [6.07, 6.45) is 0. The van der Waals surface area contributed by atoms with Crippen LogP contribution in [0.1, 0.15) is 6.92 Å². The second-order valence-corrected chi connectivity index (χ2v) is 2.06. The second-order valence-electron chi connectivity index (χ2n) is 2.06. The normalized spacial score (nSPS) is 12.2. The molecule has 0 aliphatic carbocycles. The average molecular weight is 180 g/mol. The fraction of sp³-hybridized carbons (Fsp3) is 0.429. The molecule has 6 heteroatoms. The van der Waals surface area contributed by atoms with E-state index in [0.717, 1.165) is 0 Å². The Hall–Kier alpha value is -2.08. The number of carbonyl (C=O) groups is 1. The van der Waals surface area contributed by atoms with E-state index in [0.29, 0.717) is 0 Å². The van der Waals surface area contributed by atoms with Gasteiger partial charge in [0.15, 0.2) is 0 Å². The molecule has 0 fully saturated rings. The second kappa shape index (κ2) is 5.56. The lowest BCUT2D eigenvalue weighted by Gasteiger charge is -2.02. The van der Waals surface area contributed by atoms with Crippen LogP contribution in [0.15, 0.2) is 5.16 Å². The van der Waals surface area contributed by atoms with Crippen molar-refractivity contribution in [2.45, 2.75) is 13.0 Å². The first-order valence-corrected chi connectivity index (χ1v) is 3.37. The molecule has 0 aliphatic heterocycles. The fourth-order valence-electron chi connectivity index (χ4n) is 0.501. The highest BCUT2D eigenvalue weighted by Gasteiger charge is 2.13. The van der Waals surface area contributed by atoms with Gasteiger partial charge in [-0.15, -0.1) is 0 Å². The van der Waals surface area contributed by atoms with Gasteiger partial charge >= 0.3 is 0 Å². The van der Waals surface area contributed by atoms with Gasteiger partial charge in [-0.05, 0) is 6.92 Å². The Morgan fingerprint density at radius 2 is 2.23 bits per heavy atom. The number of nitrogens with one attached hydrogen (secondary N) is 1. The fourth-order valence-corrected chi connectivity index (χ4v) is 0.501. The number of carbonyl (C=O) groups excluding carboxylic acids is 1. The molecule has 0 aromatic rings. The lowest BCUT2D eigenvalue weighted by Crippen LogP contribution is -2.36. The minimum atomic E-state index is -0.724. The molecule has 0 rings (SSSR count). The van der Waals surface area contributed by atoms with Gasteiger partial charge in [-0.2, -0.15) is 10.5 Å². The van der Waals surface area contributed by atoms with E-state index < -0.39 is 17.7 Å². The summed E-state index contributed by atoms with van der Waals surface area (Å²) in [4.78, 5) is 15.3. The third-order valence-corrected chi connectivity index (χ3v) is 1.04. The average Bonchev–Trinajstić information content (AvgIpc) is 2.13. The van der Waals surface area contributed by atoms with E-state index in [1.54, 1.807) is 6.07 Å². The lowest BCUT2D eigenvalue weighted by molar-refractivity contribution is -0.115. The molecule has 1 amide bonds. The summed E-state index contributed by atoms with van der Waals surface area (Å²) in [5.74, 6) is -0.724. The molecule has 0 saturated heterocycles. The number of oxime groups is 1. The Balaban J connectivity index is 4.36. The van der Waals surface area contributed by atoms with E-state index in [2.05, 4.69) is 15.3 Å². The van der Waals surface area contributed by atoms with Gasteiger partial charge in [0.25, 0.3) is 5.91 Å². The number of nitriles is 2. The standard InChI is InChI=1S/C7H8N4O2/c1-5(3-8)10-7(12)6(4-9)11-13-2/h5H,1-2H3,(H,10,12). The van der Waals surface area contributed by atoms with Crippen LogP contribution in [0.3, 0.4) is 0 Å². The number of nitrogens with zero attached hydrogens (tertiary/aromatic N) is 3. The predicted molar refractivity (Wildman–Crippen MR) is 43.3 cm³/mol. The summed E-state index contributed by atoms with van der Waals surface area (Å²) in [7, 11) is 1.22. The maximum atomic E-state index is 11.0. The van der Waals surface area contributed by atoms with Crippen LogP contribution in [0.2, 0.25) is 0 Å². The van der Waals surface area contributed by atoms with Crippen molar-refractivity contribution in [2.24, 2.45) is 5.16 Å². The Morgan fingerprint density at radius 3 is 2.62 bits per heavy atom. The monoisotopic (exact) mass is 180 g/mol. The van der Waals surface area contributed by atoms with E-state index in [1.807, 2.05) is 0 Å². The SMILES string of the molecule is CON=C(C#N)C(=O)NC(C)C#N. The van der Waals surface area contributed by atoms with Crippen molar-refractivity contribution in [3.8, 4) is 12.1 Å². The van der Waals surface area contributed by atoms with E-state index in [-0.39, 0.29) is 0 Å². The zero-order valence-electron chi connectivity index (χ0n) is 7.24. The Bertz CT molecular complexity index is 297. The number of hydrogen-bond acceptors (Lipinski definition) is 5. The minimum absolute atomic E-state index is 0.412. The molecule has 0 heterocycles. The Kier molecular flexibility index (Phi) is 4.67. The molecule has 6 nitrogen and oxygen atoms in total. The van der Waals surface area contributed by atoms with Crippen LogP contribution in [-0.4, -0.2) is 24.8 Å². The molecule has 0 saturated carbocycles. The molecular formula is C7H8N4O2. The highest BCUT2D eigenvalue weighted by Crippen LogP contribution is 1.82. The first-order chi connectivity index (χ1) is 6.15. The molecule has 0 aromatic heterocycles. The Labute approximate surface area is 75.4 Å². The molecule has 0 aromatic carbocycles. The maximum Gasteiger partial charge on any atom is 0.285 e. The molecule has 0 spiro atoms. The van der Waals surface area contributed by atoms with Crippen LogP contribution >= 0.6 is 0 Å². The molecule has 68 valence electrons. The summed E-state index contributed by atoms with van der Waals surface area (Å²) in [6, 6.07) is 2.65. The summed E-state index contributed by atoms with van der Waals surface area (Å²) in [5.41, 5.74) is -0.412. The van der Waals surface area contributed by atoms with Crippen molar-refractivity contribution in [3.05, 3.63) is 0 Å². The van der Waals surface area contributed by atoms with Crippen molar-refractivity contribution in [1.82, 2.24) is 5.32 Å². The van der Waals surface area contributed by atoms with Crippen molar-refractivity contribution in [3.63, 3.8) is 0 Å². The molecule has 13 heavy (non-hydrogen) atoms. The van der Waals surface area contributed by atoms with Crippen LogP contribution in [0.4, 0.5) is 0 Å². The number of rotatable bonds is 3. The van der Waals surface area contributed by atoms with Gasteiger partial charge in [-0.1, -0.05) is 5.16 Å². The van der Waals surface area contributed by atoms with E-state index in [1.165, 1.54) is 20.1 Å². The van der Waals surface area contributed by atoms with Gasteiger partial charge in [-0.25, -0.2) is 0 Å². The molecule has 0 radical (unpaired) electrons. The highest BCUT2D eigenvalue weighted by molar-refractivity contribution is 6.45. The van der Waals surface area contributed by atoms with Crippen molar-refractivity contribution in [1.29, 1.82) is 10.5 Å². The molecule has 0 aliphatic rings. The van der Waals surface area contributed by atoms with Crippen molar-refractivity contribution in [2.75, 3.05) is 7.11 Å². The highest BCUT2D eigenvalue weighted by atomic mass is 16.6. The van der Waals surface area contributed by atoms with Gasteiger partial charge in [0.1, 0.15) is 19.2 Å². The van der Waals surface area contributed by atoms with Crippen molar-refractivity contribution >= 4 is 11.6 Å². The Morgan fingerprint density at radius 1 is 1.62 bits per heavy atom. The predicted octanol–water partition coefficient (Wildman–Crippen LogP) is -0.459. The smallest absolute Gasteiger partial charge is 0.285 e. The minimum Gasteiger partial charge on any atom is -0.398 e. The van der Waals surface area contributed by atoms with Crippen LogP contribution in [0.25, 0.3) is 0 Å². The maximum absolute atomic E-state index is 11.0. The topological polar surface area (TPSA) is 98.3 Å². The van der Waals surface area contributed by atoms with E-state index >= 15 is 0 Å². The van der Waals surface area contributed by atoms with E-state index in [9.17, 15) is 4.79 Å². The van der Waals surface area contributed by atoms with Crippen LogP contribution in [0, 0.1) is 22.7 Å². The van der Waals surface area contributed by atoms with Crippen LogP contribution < -0.4 is 5.32 Å². The first kappa shape index (κ1) is 10.9. The molecule has 1 unspecified atom stereocenters. The third kappa shape index (κ3) is 3.73. The first-order valence-electron chi connectivity index (χ1n) is 3.37. The van der Waals surface area contributed by atoms with Gasteiger partial charge in [0.2, 0.25) is 5.71 Å². The van der Waals surface area contributed by atoms with Gasteiger partial charge < -0.3 is 10.2 Å². The summed E-state index contributed by atoms with van der Waals surface area (Å²) in [6.45, 7) is 1.49. The van der Waals surface area contributed by atoms with Crippen LogP contribution in [0.5, 0.6) is 0 Å². The number of hydrogen-bond donors (Lipinski definition) is 1. The summed E-state index contributed by atoms with van der Waals surface area (Å²) >= 11 is 0. The van der Waals surface area contributed by atoms with Gasteiger partial charge in [0, 0.05) is 0 Å². The van der Waals surface area contributed by atoms with Gasteiger partial charge in [-0.3, -0.25) is 4.79 Å². The lowest BCUT2D eigenvalue weighted by atomic mass is 10.3. The zero-order valence-corrected chi connectivity index (χ0v) is 7.24. The molecular weight excluding hydrogens is 172 g/mol. The largest absolute Gasteiger partial charge is 0.398 e. The quantitative estimate of drug-likeness (QED) is 0.469.